The highest BCUT2D eigenvalue weighted by atomic mass is 32.1. The summed E-state index contributed by atoms with van der Waals surface area (Å²) in [6.07, 6.45) is 4.61. The lowest BCUT2D eigenvalue weighted by Crippen LogP contribution is -2.21. The number of carboxylic acids is 1. The lowest BCUT2D eigenvalue weighted by atomic mass is 9.88. The molecule has 0 fully saturated rings. The van der Waals surface area contributed by atoms with Crippen molar-refractivity contribution >= 4 is 50.9 Å². The van der Waals surface area contributed by atoms with Crippen molar-refractivity contribution < 1.29 is 9.90 Å². The highest BCUT2D eigenvalue weighted by Crippen LogP contribution is 2.40. The monoisotopic (exact) mass is 367 g/mol. The zero-order valence-electron chi connectivity index (χ0n) is 13.8. The van der Waals surface area contributed by atoms with Gasteiger partial charge in [0.05, 0.1) is 11.3 Å². The van der Waals surface area contributed by atoms with Crippen LogP contribution in [0.1, 0.15) is 22.4 Å². The Morgan fingerprint density at radius 3 is 3.04 bits per heavy atom. The summed E-state index contributed by atoms with van der Waals surface area (Å²) < 4.78 is 0. The number of carboxylic acid groups (broad SMARTS) is 1. The van der Waals surface area contributed by atoms with Gasteiger partial charge in [0, 0.05) is 28.0 Å². The van der Waals surface area contributed by atoms with Crippen LogP contribution in [0.5, 0.6) is 0 Å². The molecule has 7 nitrogen and oxygen atoms in total. The number of anilines is 3. The van der Waals surface area contributed by atoms with Gasteiger partial charge < -0.3 is 21.6 Å². The second kappa shape index (κ2) is 6.38. The maximum absolute atomic E-state index is 11.3. The van der Waals surface area contributed by atoms with E-state index in [0.29, 0.717) is 36.3 Å². The van der Waals surface area contributed by atoms with Crippen molar-refractivity contribution in [3.05, 3.63) is 40.5 Å². The van der Waals surface area contributed by atoms with E-state index in [-0.39, 0.29) is 5.92 Å². The molecule has 0 radical (unpaired) electrons. The molecule has 3 aromatic rings. The van der Waals surface area contributed by atoms with Gasteiger partial charge in [-0.15, -0.1) is 11.3 Å². The molecule has 8 heteroatoms. The number of aryl methyl sites for hydroxylation is 1. The summed E-state index contributed by atoms with van der Waals surface area (Å²) in [6, 6.07) is 5.40. The van der Waals surface area contributed by atoms with Crippen LogP contribution in [0.4, 0.5) is 17.2 Å². The first-order valence-electron chi connectivity index (χ1n) is 8.22. The Kier molecular flexibility index (Phi) is 4.04. The quantitative estimate of drug-likeness (QED) is 0.414. The zero-order valence-corrected chi connectivity index (χ0v) is 14.6. The molecule has 1 aliphatic carbocycles. The van der Waals surface area contributed by atoms with Gasteiger partial charge in [-0.1, -0.05) is 0 Å². The van der Waals surface area contributed by atoms with E-state index in [1.165, 1.54) is 12.5 Å². The number of nitrogens with zero attached hydrogens (tertiary/aromatic N) is 2. The number of aromatic nitrogens is 2. The average molecular weight is 367 g/mol. The van der Waals surface area contributed by atoms with Gasteiger partial charge in [0.15, 0.2) is 0 Å². The number of nitrogens with one attached hydrogen (secondary N) is 2. The molecule has 0 amide bonds. The van der Waals surface area contributed by atoms with E-state index < -0.39 is 5.97 Å². The van der Waals surface area contributed by atoms with Crippen LogP contribution in [0, 0.1) is 11.3 Å². The van der Waals surface area contributed by atoms with Crippen LogP contribution in [0.3, 0.4) is 0 Å². The van der Waals surface area contributed by atoms with Crippen LogP contribution < -0.4 is 11.1 Å². The van der Waals surface area contributed by atoms with Crippen molar-refractivity contribution in [2.24, 2.45) is 5.92 Å². The number of fused-ring (bicyclic) bond motifs is 3. The second-order valence-corrected chi connectivity index (χ2v) is 7.38. The third-order valence-electron chi connectivity index (χ3n) is 4.70. The summed E-state index contributed by atoms with van der Waals surface area (Å²) in [5, 5.41) is 21.0. The van der Waals surface area contributed by atoms with Crippen LogP contribution in [0.15, 0.2) is 24.5 Å². The topological polar surface area (TPSA) is 125 Å². The maximum Gasteiger partial charge on any atom is 0.306 e. The lowest BCUT2D eigenvalue weighted by Gasteiger charge is -2.18. The summed E-state index contributed by atoms with van der Waals surface area (Å²) in [6.45, 7) is 0. The molecule has 26 heavy (non-hydrogen) atoms. The van der Waals surface area contributed by atoms with Crippen LogP contribution in [0.2, 0.25) is 0 Å². The average Bonchev–Trinajstić information content (AvgIpc) is 3.01. The van der Waals surface area contributed by atoms with E-state index in [0.717, 1.165) is 26.3 Å². The Morgan fingerprint density at radius 1 is 1.42 bits per heavy atom. The van der Waals surface area contributed by atoms with Crippen LogP contribution in [0.25, 0.3) is 10.2 Å². The van der Waals surface area contributed by atoms with E-state index in [4.69, 9.17) is 11.1 Å². The summed E-state index contributed by atoms with van der Waals surface area (Å²) in [7, 11) is 0. The molecule has 0 aliphatic heterocycles. The minimum atomic E-state index is -0.737. The van der Waals surface area contributed by atoms with E-state index in [1.54, 1.807) is 23.5 Å². The van der Waals surface area contributed by atoms with Gasteiger partial charge in [0.1, 0.15) is 17.0 Å². The predicted molar refractivity (Wildman–Crippen MR) is 103 cm³/mol. The maximum atomic E-state index is 11.3. The number of hydrogen-bond donors (Lipinski definition) is 4. The molecule has 0 spiro atoms. The summed E-state index contributed by atoms with van der Waals surface area (Å²) in [5.74, 6) is -0.368. The van der Waals surface area contributed by atoms with Crippen LogP contribution >= 0.6 is 11.3 Å². The third-order valence-corrected chi connectivity index (χ3v) is 5.86. The van der Waals surface area contributed by atoms with Gasteiger partial charge in [-0.2, -0.15) is 0 Å². The molecule has 0 bridgehead atoms. The van der Waals surface area contributed by atoms with Crippen LogP contribution in [-0.4, -0.2) is 27.3 Å². The van der Waals surface area contributed by atoms with Crippen molar-refractivity contribution in [2.75, 3.05) is 11.1 Å². The fraction of sp³-hybridized carbons (Fsp3) is 0.222. The normalized spacial score (nSPS) is 16.2. The number of aliphatic carboxylic acids is 1. The highest BCUT2D eigenvalue weighted by molar-refractivity contribution is 7.19. The van der Waals surface area contributed by atoms with Gasteiger partial charge in [-0.05, 0) is 43.0 Å². The molecular weight excluding hydrogens is 350 g/mol. The Morgan fingerprint density at radius 2 is 2.27 bits per heavy atom. The second-order valence-electron chi connectivity index (χ2n) is 6.30. The molecule has 0 saturated heterocycles. The van der Waals surface area contributed by atoms with E-state index in [2.05, 4.69) is 15.3 Å². The summed E-state index contributed by atoms with van der Waals surface area (Å²) in [4.78, 5) is 22.0. The van der Waals surface area contributed by atoms with E-state index in [9.17, 15) is 9.90 Å². The van der Waals surface area contributed by atoms with Gasteiger partial charge >= 0.3 is 5.97 Å². The molecule has 5 N–H and O–H groups in total. The Labute approximate surface area is 153 Å². The van der Waals surface area contributed by atoms with Crippen LogP contribution in [-0.2, 0) is 17.6 Å². The molecule has 132 valence electrons. The number of thiophene rings is 1. The number of rotatable bonds is 4. The molecule has 2 aromatic heterocycles. The van der Waals surface area contributed by atoms with E-state index in [1.807, 2.05) is 6.07 Å². The first-order chi connectivity index (χ1) is 12.6. The van der Waals surface area contributed by atoms with Crippen molar-refractivity contribution in [3.8, 4) is 0 Å². The predicted octanol–water partition coefficient (Wildman–Crippen LogP) is 3.20. The number of benzene rings is 1. The number of hydrogen-bond acceptors (Lipinski definition) is 7. The first-order valence-corrected chi connectivity index (χ1v) is 9.03. The Bertz CT molecular complexity index is 1030. The molecule has 4 rings (SSSR count). The number of carbonyl (C=O) groups is 1. The Hall–Kier alpha value is -3.00. The molecule has 0 saturated carbocycles. The first kappa shape index (κ1) is 16.5. The van der Waals surface area contributed by atoms with E-state index >= 15 is 0 Å². The molecule has 2 heterocycles. The third kappa shape index (κ3) is 2.78. The Balaban J connectivity index is 1.75. The van der Waals surface area contributed by atoms with Gasteiger partial charge in [0.25, 0.3) is 0 Å². The summed E-state index contributed by atoms with van der Waals surface area (Å²) in [5.41, 5.74) is 8.96. The van der Waals surface area contributed by atoms with Gasteiger partial charge in [-0.25, -0.2) is 9.97 Å². The largest absolute Gasteiger partial charge is 0.481 e. The van der Waals surface area contributed by atoms with Crippen molar-refractivity contribution in [1.82, 2.24) is 9.97 Å². The molecule has 1 aromatic carbocycles. The smallest absolute Gasteiger partial charge is 0.306 e. The fourth-order valence-electron chi connectivity index (χ4n) is 3.33. The van der Waals surface area contributed by atoms with Crippen molar-refractivity contribution in [3.63, 3.8) is 0 Å². The number of nitrogens with two attached hydrogens (primary N) is 1. The molecule has 1 aliphatic rings. The van der Waals surface area contributed by atoms with Crippen molar-refractivity contribution in [2.45, 2.75) is 19.3 Å². The molecule has 0 unspecified atom stereocenters. The van der Waals surface area contributed by atoms with Crippen molar-refractivity contribution in [1.29, 1.82) is 5.41 Å². The van der Waals surface area contributed by atoms with Gasteiger partial charge in [-0.3, -0.25) is 4.79 Å². The zero-order chi connectivity index (χ0) is 18.3. The SMILES string of the molecule is N=Cc1cc(Nc2ncnc3sc4c(c23)CC[C@H](C(=O)O)C4)ccc1N. The highest BCUT2D eigenvalue weighted by Gasteiger charge is 2.28. The standard InChI is InChI=1S/C18H17N5O2S/c19-7-10-5-11(2-4-13(10)20)23-16-15-12-3-1-9(18(24)25)6-14(12)26-17(15)22-8-21-16/h2,4-5,7-9,19H,1,3,6,20H2,(H,24,25)(H,21,22,23)/t9-/m0/s1. The minimum absolute atomic E-state index is 0.327. The lowest BCUT2D eigenvalue weighted by molar-refractivity contribution is -0.142. The summed E-state index contributed by atoms with van der Waals surface area (Å²) >= 11 is 1.55. The van der Waals surface area contributed by atoms with Gasteiger partial charge in [0.2, 0.25) is 0 Å². The minimum Gasteiger partial charge on any atom is -0.481 e. The molecule has 1 atom stereocenters. The molecular formula is C18H17N5O2S. The fourth-order valence-corrected chi connectivity index (χ4v) is 4.60. The number of nitrogen functional groups attached to an aromatic ring is 1.